The number of H-pyrrole nitrogens is 1. The highest BCUT2D eigenvalue weighted by atomic mass is 32.2. The molecule has 1 heterocycles. The topological polar surface area (TPSA) is 82.3 Å². The minimum atomic E-state index is -0.00116. The van der Waals surface area contributed by atoms with Gasteiger partial charge in [0.25, 0.3) is 0 Å². The van der Waals surface area contributed by atoms with Crippen LogP contribution in [0.25, 0.3) is 11.1 Å². The van der Waals surface area contributed by atoms with Crippen molar-refractivity contribution < 1.29 is 9.53 Å². The maximum absolute atomic E-state index is 12.9. The van der Waals surface area contributed by atoms with E-state index in [-0.39, 0.29) is 5.91 Å². The van der Waals surface area contributed by atoms with Gasteiger partial charge in [-0.25, -0.2) is 0 Å². The van der Waals surface area contributed by atoms with Gasteiger partial charge < -0.3 is 20.3 Å². The first-order chi connectivity index (χ1) is 16.0. The van der Waals surface area contributed by atoms with E-state index in [1.54, 1.807) is 25.1 Å². The van der Waals surface area contributed by atoms with Gasteiger partial charge in [0.05, 0.1) is 19.0 Å². The zero-order valence-corrected chi connectivity index (χ0v) is 20.6. The van der Waals surface area contributed by atoms with Crippen LogP contribution in [0.2, 0.25) is 0 Å². The summed E-state index contributed by atoms with van der Waals surface area (Å²) >= 11 is 1.75. The fourth-order valence-corrected chi connectivity index (χ4v) is 4.62. The minimum absolute atomic E-state index is 0.00116. The molecule has 33 heavy (non-hydrogen) atoms. The summed E-state index contributed by atoms with van der Waals surface area (Å²) in [7, 11) is 7.70. The van der Waals surface area contributed by atoms with Gasteiger partial charge in [-0.2, -0.15) is 5.10 Å². The van der Waals surface area contributed by atoms with Crippen LogP contribution in [-0.2, 0) is 17.8 Å². The van der Waals surface area contributed by atoms with Crippen molar-refractivity contribution in [2.75, 3.05) is 45.9 Å². The maximum atomic E-state index is 12.9. The van der Waals surface area contributed by atoms with Crippen LogP contribution in [0.3, 0.4) is 0 Å². The van der Waals surface area contributed by atoms with Crippen molar-refractivity contribution in [3.63, 3.8) is 0 Å². The zero-order valence-electron chi connectivity index (χ0n) is 19.8. The highest BCUT2D eigenvalue weighted by Crippen LogP contribution is 2.32. The van der Waals surface area contributed by atoms with Gasteiger partial charge in [0.2, 0.25) is 5.91 Å². The lowest BCUT2D eigenvalue weighted by Crippen LogP contribution is -2.16. The van der Waals surface area contributed by atoms with Crippen LogP contribution >= 0.6 is 11.8 Å². The van der Waals surface area contributed by atoms with E-state index in [0.717, 1.165) is 51.9 Å². The smallest absolute Gasteiger partial charge is 0.224 e. The molecule has 0 fully saturated rings. The second-order valence-electron chi connectivity index (χ2n) is 8.06. The largest absolute Gasteiger partial charge is 0.497 e. The lowest BCUT2D eigenvalue weighted by atomic mass is 10.0. The SMILES string of the molecule is CNCc1ccc(OC)cc1CCC(=O)Nc1ccc(-c2cn[nH]c2)cc1SCCN(C)C. The van der Waals surface area contributed by atoms with Crippen LogP contribution in [0.4, 0.5) is 5.69 Å². The number of nitrogens with one attached hydrogen (secondary N) is 3. The second kappa shape index (κ2) is 12.4. The Kier molecular flexibility index (Phi) is 9.35. The van der Waals surface area contributed by atoms with Crippen molar-refractivity contribution in [2.24, 2.45) is 0 Å². The maximum Gasteiger partial charge on any atom is 0.224 e. The van der Waals surface area contributed by atoms with E-state index in [9.17, 15) is 4.79 Å². The Morgan fingerprint density at radius 3 is 2.70 bits per heavy atom. The molecular formula is C25H33N5O2S. The van der Waals surface area contributed by atoms with E-state index in [2.05, 4.69) is 52.0 Å². The molecule has 0 unspecified atom stereocenters. The number of benzene rings is 2. The van der Waals surface area contributed by atoms with Crippen molar-refractivity contribution in [2.45, 2.75) is 24.3 Å². The van der Waals surface area contributed by atoms with Crippen molar-refractivity contribution in [1.82, 2.24) is 20.4 Å². The summed E-state index contributed by atoms with van der Waals surface area (Å²) in [5.41, 5.74) is 5.24. The molecule has 7 nitrogen and oxygen atoms in total. The molecule has 0 aliphatic rings. The molecule has 0 saturated carbocycles. The summed E-state index contributed by atoms with van der Waals surface area (Å²) in [6.45, 7) is 1.71. The number of carbonyl (C=O) groups excluding carboxylic acids is 1. The first-order valence-corrected chi connectivity index (χ1v) is 12.0. The van der Waals surface area contributed by atoms with Crippen LogP contribution in [-0.4, -0.2) is 61.6 Å². The Balaban J connectivity index is 1.71. The molecule has 3 rings (SSSR count). The van der Waals surface area contributed by atoms with E-state index in [4.69, 9.17) is 4.74 Å². The van der Waals surface area contributed by atoms with Gasteiger partial charge in [0.1, 0.15) is 5.75 Å². The van der Waals surface area contributed by atoms with Gasteiger partial charge in [0.15, 0.2) is 0 Å². The lowest BCUT2D eigenvalue weighted by Gasteiger charge is -2.15. The third-order valence-electron chi connectivity index (χ3n) is 5.29. The second-order valence-corrected chi connectivity index (χ2v) is 9.20. The van der Waals surface area contributed by atoms with Crippen LogP contribution in [0.15, 0.2) is 53.7 Å². The van der Waals surface area contributed by atoms with Gasteiger partial charge in [-0.15, -0.1) is 11.8 Å². The highest BCUT2D eigenvalue weighted by molar-refractivity contribution is 7.99. The van der Waals surface area contributed by atoms with Crippen molar-refractivity contribution in [1.29, 1.82) is 0 Å². The normalized spacial score (nSPS) is 11.1. The number of hydrogen-bond donors (Lipinski definition) is 3. The number of anilines is 1. The Bertz CT molecular complexity index is 1040. The molecule has 3 aromatic rings. The number of aryl methyl sites for hydroxylation is 1. The molecule has 0 spiro atoms. The van der Waals surface area contributed by atoms with Crippen LogP contribution < -0.4 is 15.4 Å². The molecule has 0 saturated heterocycles. The minimum Gasteiger partial charge on any atom is -0.497 e. The molecule has 0 aliphatic carbocycles. The molecular weight excluding hydrogens is 434 g/mol. The van der Waals surface area contributed by atoms with Crippen molar-refractivity contribution >= 4 is 23.4 Å². The summed E-state index contributed by atoms with van der Waals surface area (Å²) in [5, 5.41) is 13.2. The predicted molar refractivity (Wildman–Crippen MR) is 136 cm³/mol. The standard InChI is InChI=1S/C25H33N5O2S/c1-26-15-20-5-8-22(32-4)13-18(20)7-10-25(31)29-23-9-6-19(21-16-27-28-17-21)14-24(23)33-12-11-30(2)3/h5-6,8-9,13-14,16-17,26H,7,10-12,15H2,1-4H3,(H,27,28)(H,29,31). The Hall–Kier alpha value is -2.81. The Morgan fingerprint density at radius 2 is 2.00 bits per heavy atom. The van der Waals surface area contributed by atoms with E-state index in [0.29, 0.717) is 12.8 Å². The molecule has 0 bridgehead atoms. The Labute approximate surface area is 200 Å². The molecule has 1 aromatic heterocycles. The number of aromatic nitrogens is 2. The summed E-state index contributed by atoms with van der Waals surface area (Å²) in [5.74, 6) is 1.74. The fraction of sp³-hybridized carbons (Fsp3) is 0.360. The first kappa shape index (κ1) is 24.8. The molecule has 0 atom stereocenters. The number of thioether (sulfide) groups is 1. The van der Waals surface area contributed by atoms with E-state index >= 15 is 0 Å². The lowest BCUT2D eigenvalue weighted by molar-refractivity contribution is -0.116. The number of rotatable bonds is 12. The average Bonchev–Trinajstić information content (AvgIpc) is 3.34. The third kappa shape index (κ3) is 7.35. The summed E-state index contributed by atoms with van der Waals surface area (Å²) < 4.78 is 5.37. The molecule has 1 amide bonds. The van der Waals surface area contributed by atoms with Crippen molar-refractivity contribution in [3.05, 3.63) is 59.9 Å². The van der Waals surface area contributed by atoms with Gasteiger partial charge in [-0.3, -0.25) is 9.89 Å². The number of amides is 1. The third-order valence-corrected chi connectivity index (χ3v) is 6.32. The average molecular weight is 468 g/mol. The molecule has 8 heteroatoms. The number of nitrogens with zero attached hydrogens (tertiary/aromatic N) is 2. The van der Waals surface area contributed by atoms with Crippen LogP contribution in [0.1, 0.15) is 17.5 Å². The molecule has 3 N–H and O–H groups in total. The van der Waals surface area contributed by atoms with Crippen LogP contribution in [0, 0.1) is 0 Å². The number of hydrogen-bond acceptors (Lipinski definition) is 6. The first-order valence-electron chi connectivity index (χ1n) is 11.0. The molecule has 0 aliphatic heterocycles. The monoisotopic (exact) mass is 467 g/mol. The van der Waals surface area contributed by atoms with Gasteiger partial charge in [0, 0.05) is 41.9 Å². The van der Waals surface area contributed by atoms with E-state index in [1.165, 1.54) is 5.56 Å². The molecule has 0 radical (unpaired) electrons. The zero-order chi connectivity index (χ0) is 23.6. The summed E-state index contributed by atoms with van der Waals surface area (Å²) in [6.07, 6.45) is 4.73. The predicted octanol–water partition coefficient (Wildman–Crippen LogP) is 4.03. The van der Waals surface area contributed by atoms with Gasteiger partial charge >= 0.3 is 0 Å². The number of ether oxygens (including phenoxy) is 1. The number of carbonyl (C=O) groups is 1. The summed E-state index contributed by atoms with van der Waals surface area (Å²) in [6, 6.07) is 12.1. The molecule has 176 valence electrons. The van der Waals surface area contributed by atoms with Crippen molar-refractivity contribution in [3.8, 4) is 16.9 Å². The van der Waals surface area contributed by atoms with E-state index < -0.39 is 0 Å². The van der Waals surface area contributed by atoms with Gasteiger partial charge in [-0.05, 0) is 68.5 Å². The van der Waals surface area contributed by atoms with Crippen LogP contribution in [0.5, 0.6) is 5.75 Å². The fourth-order valence-electron chi connectivity index (χ4n) is 3.46. The van der Waals surface area contributed by atoms with Gasteiger partial charge in [-0.1, -0.05) is 12.1 Å². The van der Waals surface area contributed by atoms with E-state index in [1.807, 2.05) is 37.5 Å². The Morgan fingerprint density at radius 1 is 1.15 bits per heavy atom. The number of methoxy groups -OCH3 is 1. The molecule has 2 aromatic carbocycles. The number of aromatic amines is 1. The quantitative estimate of drug-likeness (QED) is 0.349. The summed E-state index contributed by atoms with van der Waals surface area (Å²) in [4.78, 5) is 16.1. The highest BCUT2D eigenvalue weighted by Gasteiger charge is 2.12.